The fraction of sp³-hybridized carbons (Fsp3) is 0.889. The van der Waals surface area contributed by atoms with Crippen molar-refractivity contribution in [2.45, 2.75) is 12.0 Å². The lowest BCUT2D eigenvalue weighted by molar-refractivity contribution is -0.140. The van der Waals surface area contributed by atoms with Gasteiger partial charge in [0, 0.05) is 31.6 Å². The summed E-state index contributed by atoms with van der Waals surface area (Å²) in [5, 5.41) is 6.16. The third kappa shape index (κ3) is 0.758. The molecule has 2 N–H and O–H groups in total. The predicted octanol–water partition coefficient (Wildman–Crippen LogP) is -1.22. The van der Waals surface area contributed by atoms with Gasteiger partial charge in [0.15, 0.2) is 0 Å². The summed E-state index contributed by atoms with van der Waals surface area (Å²) in [5.41, 5.74) is 0.272. The highest BCUT2D eigenvalue weighted by Gasteiger charge is 2.61. The number of likely N-dealkylation sites (tertiary alicyclic amines) is 1. The van der Waals surface area contributed by atoms with Gasteiger partial charge in [-0.05, 0) is 13.5 Å². The Morgan fingerprint density at radius 2 is 2.15 bits per heavy atom. The Balaban J connectivity index is 1.87. The molecule has 3 aliphatic heterocycles. The van der Waals surface area contributed by atoms with Crippen LogP contribution in [0.2, 0.25) is 0 Å². The van der Waals surface area contributed by atoms with Gasteiger partial charge in [0.05, 0.1) is 0 Å². The number of likely N-dealkylation sites (N-methyl/N-ethyl adjacent to an activating group) is 1. The van der Waals surface area contributed by atoms with Gasteiger partial charge in [0.2, 0.25) is 5.91 Å². The van der Waals surface area contributed by atoms with Crippen molar-refractivity contribution in [2.24, 2.45) is 5.41 Å². The molecule has 3 aliphatic rings. The summed E-state index contributed by atoms with van der Waals surface area (Å²) in [6.07, 6.45) is 1.05. The van der Waals surface area contributed by atoms with Crippen LogP contribution >= 0.6 is 0 Å². The number of carbonyl (C=O) groups is 1. The zero-order valence-corrected chi connectivity index (χ0v) is 7.89. The molecule has 0 radical (unpaired) electrons. The summed E-state index contributed by atoms with van der Waals surface area (Å²) < 4.78 is 0. The molecule has 0 aromatic rings. The second kappa shape index (κ2) is 2.07. The third-order valence-electron chi connectivity index (χ3n) is 3.93. The Kier molecular flexibility index (Phi) is 1.23. The van der Waals surface area contributed by atoms with Crippen molar-refractivity contribution in [3.8, 4) is 0 Å². The van der Waals surface area contributed by atoms with Gasteiger partial charge in [-0.15, -0.1) is 0 Å². The van der Waals surface area contributed by atoms with E-state index in [1.807, 2.05) is 0 Å². The van der Waals surface area contributed by atoms with Crippen LogP contribution in [0, 0.1) is 5.41 Å². The van der Waals surface area contributed by atoms with Gasteiger partial charge in [-0.25, -0.2) is 0 Å². The van der Waals surface area contributed by atoms with Crippen LogP contribution in [0.5, 0.6) is 0 Å². The van der Waals surface area contributed by atoms with Crippen LogP contribution in [-0.2, 0) is 4.79 Å². The van der Waals surface area contributed by atoms with E-state index in [1.54, 1.807) is 0 Å². The monoisotopic (exact) mass is 181 g/mol. The molecular formula is C9H15N3O. The molecule has 0 bridgehead atoms. The molecule has 3 saturated heterocycles. The first-order valence-corrected chi connectivity index (χ1v) is 4.87. The quantitative estimate of drug-likeness (QED) is 0.460. The summed E-state index contributed by atoms with van der Waals surface area (Å²) in [6, 6.07) is 0. The van der Waals surface area contributed by atoms with Crippen LogP contribution < -0.4 is 10.6 Å². The molecule has 13 heavy (non-hydrogen) atoms. The largest absolute Gasteiger partial charge is 0.352 e. The molecule has 3 rings (SSSR count). The molecule has 1 atom stereocenters. The summed E-state index contributed by atoms with van der Waals surface area (Å²) in [4.78, 5) is 13.8. The number of carbonyl (C=O) groups excluding carboxylic acids is 1. The Hall–Kier alpha value is -0.610. The lowest BCUT2D eigenvalue weighted by Crippen LogP contribution is -2.70. The summed E-state index contributed by atoms with van der Waals surface area (Å²) in [6.45, 7) is 4.11. The van der Waals surface area contributed by atoms with Gasteiger partial charge in [0.25, 0.3) is 0 Å². The SMILES string of the molecule is CN1CC2(CNC2)CC12CNC2=O. The average Bonchev–Trinajstić information content (AvgIpc) is 2.38. The van der Waals surface area contributed by atoms with Gasteiger partial charge < -0.3 is 10.6 Å². The zero-order chi connectivity index (χ0) is 9.10. The van der Waals surface area contributed by atoms with E-state index >= 15 is 0 Å². The summed E-state index contributed by atoms with van der Waals surface area (Å²) in [5.74, 6) is 0.235. The standard InChI is InChI=1S/C9H15N3O/c1-12-6-8(3-10-4-8)2-9(12)5-11-7(9)13/h10H,2-6H2,1H3,(H,11,13). The maximum atomic E-state index is 11.5. The molecular weight excluding hydrogens is 166 g/mol. The van der Waals surface area contributed by atoms with Crippen LogP contribution in [0.15, 0.2) is 0 Å². The van der Waals surface area contributed by atoms with Crippen LogP contribution in [0.3, 0.4) is 0 Å². The van der Waals surface area contributed by atoms with E-state index in [0.717, 1.165) is 32.6 Å². The van der Waals surface area contributed by atoms with Crippen LogP contribution in [-0.4, -0.2) is 49.6 Å². The number of rotatable bonds is 0. The minimum Gasteiger partial charge on any atom is -0.352 e. The lowest BCUT2D eigenvalue weighted by Gasteiger charge is -2.44. The van der Waals surface area contributed by atoms with E-state index in [9.17, 15) is 4.79 Å². The van der Waals surface area contributed by atoms with Crippen LogP contribution in [0.25, 0.3) is 0 Å². The lowest BCUT2D eigenvalue weighted by atomic mass is 9.74. The Bertz CT molecular complexity index is 274. The summed E-state index contributed by atoms with van der Waals surface area (Å²) >= 11 is 0. The predicted molar refractivity (Wildman–Crippen MR) is 48.3 cm³/mol. The topological polar surface area (TPSA) is 44.4 Å². The first-order chi connectivity index (χ1) is 6.17. The molecule has 0 aromatic heterocycles. The van der Waals surface area contributed by atoms with Gasteiger partial charge in [-0.3, -0.25) is 9.69 Å². The number of hydrogen-bond acceptors (Lipinski definition) is 3. The van der Waals surface area contributed by atoms with Crippen LogP contribution in [0.1, 0.15) is 6.42 Å². The number of nitrogens with one attached hydrogen (secondary N) is 2. The molecule has 0 aromatic carbocycles. The molecule has 1 unspecified atom stereocenters. The Labute approximate surface area is 77.7 Å². The third-order valence-corrected chi connectivity index (χ3v) is 3.93. The van der Waals surface area contributed by atoms with E-state index < -0.39 is 0 Å². The number of β-lactam (4-membered cyclic amide) rings is 1. The first-order valence-electron chi connectivity index (χ1n) is 4.87. The zero-order valence-electron chi connectivity index (χ0n) is 7.89. The number of hydrogen-bond donors (Lipinski definition) is 2. The van der Waals surface area contributed by atoms with E-state index in [1.165, 1.54) is 0 Å². The Morgan fingerprint density at radius 3 is 2.38 bits per heavy atom. The molecule has 0 saturated carbocycles. The van der Waals surface area contributed by atoms with Crippen molar-refractivity contribution >= 4 is 5.91 Å². The smallest absolute Gasteiger partial charge is 0.242 e. The minimum atomic E-state index is -0.137. The molecule has 0 aliphatic carbocycles. The first kappa shape index (κ1) is 7.76. The van der Waals surface area contributed by atoms with E-state index in [4.69, 9.17) is 0 Å². The fourth-order valence-corrected chi connectivity index (χ4v) is 3.00. The van der Waals surface area contributed by atoms with Crippen molar-refractivity contribution in [1.29, 1.82) is 0 Å². The van der Waals surface area contributed by atoms with Crippen molar-refractivity contribution < 1.29 is 4.79 Å². The van der Waals surface area contributed by atoms with E-state index in [2.05, 4.69) is 22.6 Å². The van der Waals surface area contributed by atoms with Gasteiger partial charge in [0.1, 0.15) is 5.54 Å². The Morgan fingerprint density at radius 1 is 1.38 bits per heavy atom. The van der Waals surface area contributed by atoms with Crippen LogP contribution in [0.4, 0.5) is 0 Å². The number of nitrogens with zero attached hydrogens (tertiary/aromatic N) is 1. The second-order valence-electron chi connectivity index (χ2n) is 4.85. The van der Waals surface area contributed by atoms with Crippen molar-refractivity contribution in [3.05, 3.63) is 0 Å². The van der Waals surface area contributed by atoms with Crippen molar-refractivity contribution in [3.63, 3.8) is 0 Å². The van der Waals surface area contributed by atoms with E-state index in [-0.39, 0.29) is 11.4 Å². The maximum absolute atomic E-state index is 11.5. The highest BCUT2D eigenvalue weighted by Crippen LogP contribution is 2.45. The minimum absolute atomic E-state index is 0.137. The van der Waals surface area contributed by atoms with E-state index in [0.29, 0.717) is 5.41 Å². The second-order valence-corrected chi connectivity index (χ2v) is 4.85. The van der Waals surface area contributed by atoms with Gasteiger partial charge >= 0.3 is 0 Å². The molecule has 3 heterocycles. The van der Waals surface area contributed by atoms with Crippen molar-refractivity contribution in [1.82, 2.24) is 15.5 Å². The highest BCUT2D eigenvalue weighted by molar-refractivity contribution is 5.93. The molecule has 2 spiro atoms. The maximum Gasteiger partial charge on any atom is 0.242 e. The normalized spacial score (nSPS) is 41.8. The van der Waals surface area contributed by atoms with Gasteiger partial charge in [-0.1, -0.05) is 0 Å². The molecule has 3 fully saturated rings. The van der Waals surface area contributed by atoms with Gasteiger partial charge in [-0.2, -0.15) is 0 Å². The highest BCUT2D eigenvalue weighted by atomic mass is 16.2. The molecule has 4 heteroatoms. The molecule has 1 amide bonds. The molecule has 4 nitrogen and oxygen atoms in total. The molecule has 72 valence electrons. The fourth-order valence-electron chi connectivity index (χ4n) is 3.00. The average molecular weight is 181 g/mol. The van der Waals surface area contributed by atoms with Crippen molar-refractivity contribution in [2.75, 3.05) is 33.2 Å². The summed E-state index contributed by atoms with van der Waals surface area (Å²) in [7, 11) is 2.08. The number of amides is 1.